The number of hydrogen-bond donors (Lipinski definition) is 0. The molecule has 0 bridgehead atoms. The zero-order valence-electron chi connectivity index (χ0n) is 25.9. The van der Waals surface area contributed by atoms with Crippen molar-refractivity contribution < 1.29 is 68.5 Å². The fourth-order valence-corrected chi connectivity index (χ4v) is 5.39. The van der Waals surface area contributed by atoms with E-state index in [-0.39, 0.29) is 63.9 Å². The number of allylic oxidation sites excluding steroid dienone is 1. The zero-order valence-corrected chi connectivity index (χ0v) is 29.8. The summed E-state index contributed by atoms with van der Waals surface area (Å²) in [5, 5.41) is 0. The molecule has 0 saturated carbocycles. The van der Waals surface area contributed by atoms with Crippen LogP contribution in [0.5, 0.6) is 0 Å². The molecule has 0 saturated heterocycles. The van der Waals surface area contributed by atoms with Gasteiger partial charge in [0.05, 0.1) is 6.61 Å². The van der Waals surface area contributed by atoms with Gasteiger partial charge in [-0.2, -0.15) is 0 Å². The molecular formula is C32H63KO4S. The van der Waals surface area contributed by atoms with Crippen molar-refractivity contribution in [2.24, 2.45) is 5.92 Å². The maximum atomic E-state index is 10.9. The molecule has 0 rings (SSSR count). The molecule has 0 radical (unpaired) electrons. The summed E-state index contributed by atoms with van der Waals surface area (Å²) in [6, 6.07) is 0. The molecule has 6 heteroatoms. The van der Waals surface area contributed by atoms with Gasteiger partial charge in [0.1, 0.15) is 0 Å². The summed E-state index contributed by atoms with van der Waals surface area (Å²) < 4.78 is 37.3. The smallest absolute Gasteiger partial charge is 0.726 e. The van der Waals surface area contributed by atoms with Crippen molar-refractivity contribution in [1.29, 1.82) is 0 Å². The fraction of sp³-hybridized carbons (Fsp3) is 0.938. The van der Waals surface area contributed by atoms with Gasteiger partial charge in [-0.05, 0) is 19.3 Å². The van der Waals surface area contributed by atoms with Gasteiger partial charge in [0.25, 0.3) is 0 Å². The van der Waals surface area contributed by atoms with Crippen LogP contribution in [0.15, 0.2) is 12.2 Å². The normalized spacial score (nSPS) is 12.7. The number of unbranched alkanes of at least 4 members (excludes halogenated alkanes) is 23. The molecule has 222 valence electrons. The second-order valence-electron chi connectivity index (χ2n) is 11.2. The Bertz CT molecular complexity index is 580. The van der Waals surface area contributed by atoms with Crippen LogP contribution in [0.4, 0.5) is 0 Å². The summed E-state index contributed by atoms with van der Waals surface area (Å²) in [7, 11) is -4.62. The van der Waals surface area contributed by atoms with Crippen LogP contribution in [0.1, 0.15) is 181 Å². The van der Waals surface area contributed by atoms with Crippen molar-refractivity contribution in [3.05, 3.63) is 12.2 Å². The predicted molar refractivity (Wildman–Crippen MR) is 160 cm³/mol. The first kappa shape index (κ1) is 41.4. The van der Waals surface area contributed by atoms with E-state index >= 15 is 0 Å². The Morgan fingerprint density at radius 1 is 0.579 bits per heavy atom. The Morgan fingerprint density at radius 3 is 1.29 bits per heavy atom. The molecule has 0 fully saturated rings. The molecule has 0 aliphatic carbocycles. The van der Waals surface area contributed by atoms with Gasteiger partial charge >= 0.3 is 51.4 Å². The fourth-order valence-electron chi connectivity index (χ4n) is 5.05. The first-order chi connectivity index (χ1) is 18.0. The molecule has 0 N–H and O–H groups in total. The Labute approximate surface area is 281 Å². The Morgan fingerprint density at radius 2 is 0.921 bits per heavy atom. The van der Waals surface area contributed by atoms with E-state index in [2.05, 4.69) is 30.2 Å². The van der Waals surface area contributed by atoms with Crippen LogP contribution in [-0.2, 0) is 14.6 Å². The van der Waals surface area contributed by atoms with Crippen molar-refractivity contribution in [1.82, 2.24) is 0 Å². The van der Waals surface area contributed by atoms with E-state index in [1.165, 1.54) is 148 Å². The summed E-state index contributed by atoms with van der Waals surface area (Å²) >= 11 is 0. The molecule has 4 nitrogen and oxygen atoms in total. The number of rotatable bonds is 30. The van der Waals surface area contributed by atoms with E-state index in [1.54, 1.807) is 0 Å². The largest absolute Gasteiger partial charge is 1.00 e. The molecule has 0 aromatic heterocycles. The van der Waals surface area contributed by atoms with Gasteiger partial charge in [-0.25, -0.2) is 8.42 Å². The minimum atomic E-state index is -4.62. The average Bonchev–Trinajstić information content (AvgIpc) is 2.87. The number of hydrogen-bond acceptors (Lipinski definition) is 4. The SMILES string of the molecule is CCCCCCCCCCC/C=C/C(CCCCCCCCCCCCCCCCC)COS(=O)(=O)[O-].[K+]. The van der Waals surface area contributed by atoms with Crippen LogP contribution in [0, 0.1) is 5.92 Å². The maximum absolute atomic E-state index is 10.9. The molecule has 0 amide bonds. The quantitative estimate of drug-likeness (QED) is 0.0285. The van der Waals surface area contributed by atoms with Crippen LogP contribution < -0.4 is 51.4 Å². The summed E-state index contributed by atoms with van der Waals surface area (Å²) in [6.07, 6.45) is 38.0. The molecule has 0 aromatic rings. The Kier molecular flexibility index (Phi) is 35.7. The van der Waals surface area contributed by atoms with Crippen LogP contribution >= 0.6 is 0 Å². The van der Waals surface area contributed by atoms with E-state index in [1.807, 2.05) is 0 Å². The summed E-state index contributed by atoms with van der Waals surface area (Å²) in [5.41, 5.74) is 0. The average molecular weight is 583 g/mol. The first-order valence-corrected chi connectivity index (χ1v) is 17.6. The van der Waals surface area contributed by atoms with Crippen LogP contribution in [0.25, 0.3) is 0 Å². The van der Waals surface area contributed by atoms with E-state index < -0.39 is 10.4 Å². The Hall–Kier alpha value is 1.25. The van der Waals surface area contributed by atoms with E-state index in [4.69, 9.17) is 0 Å². The maximum Gasteiger partial charge on any atom is 1.00 e. The van der Waals surface area contributed by atoms with E-state index in [0.29, 0.717) is 0 Å². The van der Waals surface area contributed by atoms with Gasteiger partial charge in [-0.3, -0.25) is 4.18 Å². The van der Waals surface area contributed by atoms with Gasteiger partial charge in [0.15, 0.2) is 0 Å². The van der Waals surface area contributed by atoms with Crippen LogP contribution in [0.2, 0.25) is 0 Å². The van der Waals surface area contributed by atoms with E-state index in [9.17, 15) is 13.0 Å². The van der Waals surface area contributed by atoms with Gasteiger partial charge in [-0.15, -0.1) is 0 Å². The minimum Gasteiger partial charge on any atom is -0.726 e. The van der Waals surface area contributed by atoms with Gasteiger partial charge < -0.3 is 4.55 Å². The van der Waals surface area contributed by atoms with Gasteiger partial charge in [0.2, 0.25) is 10.4 Å². The van der Waals surface area contributed by atoms with Gasteiger partial charge in [0, 0.05) is 5.92 Å². The monoisotopic (exact) mass is 582 g/mol. The molecule has 0 heterocycles. The van der Waals surface area contributed by atoms with Gasteiger partial charge in [-0.1, -0.05) is 174 Å². The molecule has 0 spiro atoms. The van der Waals surface area contributed by atoms with Crippen molar-refractivity contribution >= 4 is 10.4 Å². The minimum absolute atomic E-state index is 0. The van der Waals surface area contributed by atoms with Crippen LogP contribution in [0.3, 0.4) is 0 Å². The molecular weight excluding hydrogens is 520 g/mol. The molecule has 0 aromatic carbocycles. The van der Waals surface area contributed by atoms with Crippen molar-refractivity contribution in [2.45, 2.75) is 181 Å². The second kappa shape index (κ2) is 32.8. The van der Waals surface area contributed by atoms with E-state index in [0.717, 1.165) is 19.3 Å². The standard InChI is InChI=1S/C32H64O4S.K/c1-3-5-7-9-11-13-15-16-17-18-20-22-24-26-28-30-32(31-36-37(33,34)35)29-27-25-23-21-19-14-12-10-8-6-4-2;/h27,29,32H,3-26,28,30-31H2,1-2H3,(H,33,34,35);/q;+1/p-1/b29-27+;. The summed E-state index contributed by atoms with van der Waals surface area (Å²) in [5.74, 6) is 0.0178. The third-order valence-electron chi connectivity index (χ3n) is 7.49. The Balaban J connectivity index is 0. The molecule has 38 heavy (non-hydrogen) atoms. The zero-order chi connectivity index (χ0) is 27.3. The van der Waals surface area contributed by atoms with Crippen LogP contribution in [-0.4, -0.2) is 19.6 Å². The topological polar surface area (TPSA) is 66.4 Å². The molecule has 1 atom stereocenters. The predicted octanol–water partition coefficient (Wildman–Crippen LogP) is 7.82. The third-order valence-corrected chi connectivity index (χ3v) is 7.91. The molecule has 1 unspecified atom stereocenters. The van der Waals surface area contributed by atoms with Crippen molar-refractivity contribution in [2.75, 3.05) is 6.61 Å². The molecule has 0 aliphatic rings. The van der Waals surface area contributed by atoms with Crippen molar-refractivity contribution in [3.8, 4) is 0 Å². The van der Waals surface area contributed by atoms with Crippen molar-refractivity contribution in [3.63, 3.8) is 0 Å². The molecule has 0 aliphatic heterocycles. The first-order valence-electron chi connectivity index (χ1n) is 16.3. The summed E-state index contributed by atoms with van der Waals surface area (Å²) in [4.78, 5) is 0. The third kappa shape index (κ3) is 35.3. The summed E-state index contributed by atoms with van der Waals surface area (Å²) in [6.45, 7) is 4.51. The second-order valence-corrected chi connectivity index (χ2v) is 12.3.